The molecule has 0 aliphatic heterocycles. The number of aromatic amines is 1. The number of rotatable bonds is 3. The number of hydrogen-bond acceptors (Lipinski definition) is 6. The highest BCUT2D eigenvalue weighted by molar-refractivity contribution is 7.17. The molecule has 1 N–H and O–H groups in total. The van der Waals surface area contributed by atoms with Crippen LogP contribution in [0.5, 0.6) is 0 Å². The van der Waals surface area contributed by atoms with Gasteiger partial charge in [0, 0.05) is 23.9 Å². The zero-order chi connectivity index (χ0) is 20.0. The lowest BCUT2D eigenvalue weighted by Gasteiger charge is -2.26. The summed E-state index contributed by atoms with van der Waals surface area (Å²) < 4.78 is 0.661. The molecule has 0 aliphatic carbocycles. The highest BCUT2D eigenvalue weighted by Crippen LogP contribution is 2.28. The summed E-state index contributed by atoms with van der Waals surface area (Å²) in [5, 5.41) is 1.88. The zero-order valence-corrected chi connectivity index (χ0v) is 17.9. The minimum atomic E-state index is -0.154. The molecule has 0 radical (unpaired) electrons. The van der Waals surface area contributed by atoms with E-state index in [0.717, 1.165) is 22.9 Å². The van der Waals surface area contributed by atoms with Gasteiger partial charge < -0.3 is 9.88 Å². The lowest BCUT2D eigenvalue weighted by molar-refractivity contribution is 0.512. The summed E-state index contributed by atoms with van der Waals surface area (Å²) in [5.74, 6) is 2.26. The van der Waals surface area contributed by atoms with Crippen molar-refractivity contribution in [1.29, 1.82) is 0 Å². The average Bonchev–Trinajstić information content (AvgIpc) is 3.01. The highest BCUT2D eigenvalue weighted by Gasteiger charge is 2.24. The molecule has 0 aliphatic rings. The van der Waals surface area contributed by atoms with Crippen LogP contribution >= 0.6 is 11.3 Å². The van der Waals surface area contributed by atoms with Gasteiger partial charge in [-0.15, -0.1) is 11.3 Å². The summed E-state index contributed by atoms with van der Waals surface area (Å²) >= 11 is 1.41. The maximum absolute atomic E-state index is 12.2. The smallest absolute Gasteiger partial charge is 0.268 e. The molecule has 144 valence electrons. The molecule has 3 aromatic rings. The van der Waals surface area contributed by atoms with E-state index < -0.39 is 0 Å². The summed E-state index contributed by atoms with van der Waals surface area (Å²) in [4.78, 5) is 31.3. The van der Waals surface area contributed by atoms with Crippen LogP contribution in [0.1, 0.15) is 58.9 Å². The molecule has 3 aromatic heterocycles. The Labute approximate surface area is 163 Å². The maximum atomic E-state index is 12.2. The summed E-state index contributed by atoms with van der Waals surface area (Å²) in [6.45, 7) is 13.2. The molecule has 0 atom stereocenters. The number of fused-ring (bicyclic) bond motifs is 1. The largest absolute Gasteiger partial charge is 0.352 e. The molecule has 6 nitrogen and oxygen atoms in total. The minimum Gasteiger partial charge on any atom is -0.352 e. The van der Waals surface area contributed by atoms with Crippen LogP contribution in [-0.4, -0.2) is 27.0 Å². The first-order valence-electron chi connectivity index (χ1n) is 9.03. The number of anilines is 1. The third-order valence-electron chi connectivity index (χ3n) is 4.29. The number of hydrogen-bond donors (Lipinski definition) is 1. The van der Waals surface area contributed by atoms with E-state index in [1.54, 1.807) is 0 Å². The molecular formula is C20H27N5OS. The van der Waals surface area contributed by atoms with Gasteiger partial charge in [-0.3, -0.25) is 4.79 Å². The van der Waals surface area contributed by atoms with Crippen LogP contribution < -0.4 is 10.5 Å². The highest BCUT2D eigenvalue weighted by atomic mass is 32.1. The van der Waals surface area contributed by atoms with Gasteiger partial charge in [-0.1, -0.05) is 41.5 Å². The number of nitrogens with one attached hydrogen (secondary N) is 1. The van der Waals surface area contributed by atoms with Gasteiger partial charge in [0.1, 0.15) is 22.2 Å². The van der Waals surface area contributed by atoms with Gasteiger partial charge in [0.05, 0.1) is 17.8 Å². The molecule has 0 bridgehead atoms. The van der Waals surface area contributed by atoms with Gasteiger partial charge in [-0.25, -0.2) is 15.0 Å². The van der Waals surface area contributed by atoms with E-state index in [2.05, 4.69) is 51.5 Å². The van der Waals surface area contributed by atoms with Crippen molar-refractivity contribution < 1.29 is 0 Å². The van der Waals surface area contributed by atoms with Crippen LogP contribution in [-0.2, 0) is 17.4 Å². The monoisotopic (exact) mass is 385 g/mol. The van der Waals surface area contributed by atoms with E-state index in [1.807, 2.05) is 29.5 Å². The van der Waals surface area contributed by atoms with Crippen molar-refractivity contribution in [2.24, 2.45) is 0 Å². The van der Waals surface area contributed by atoms with Crippen molar-refractivity contribution in [3.05, 3.63) is 45.2 Å². The van der Waals surface area contributed by atoms with E-state index in [9.17, 15) is 4.79 Å². The fourth-order valence-electron chi connectivity index (χ4n) is 2.65. The zero-order valence-electron chi connectivity index (χ0n) is 17.0. The van der Waals surface area contributed by atoms with Crippen molar-refractivity contribution in [2.75, 3.05) is 11.9 Å². The van der Waals surface area contributed by atoms with Crippen molar-refractivity contribution in [2.45, 2.75) is 58.9 Å². The Morgan fingerprint density at radius 3 is 2.41 bits per heavy atom. The molecule has 0 fully saturated rings. The van der Waals surface area contributed by atoms with E-state index >= 15 is 0 Å². The minimum absolute atomic E-state index is 0.0827. The van der Waals surface area contributed by atoms with Crippen molar-refractivity contribution in [1.82, 2.24) is 19.9 Å². The predicted octanol–water partition coefficient (Wildman–Crippen LogP) is 4.01. The Morgan fingerprint density at radius 1 is 1.07 bits per heavy atom. The Balaban J connectivity index is 1.99. The maximum Gasteiger partial charge on any atom is 0.268 e. The lowest BCUT2D eigenvalue weighted by atomic mass is 9.90. The van der Waals surface area contributed by atoms with Crippen molar-refractivity contribution in [3.63, 3.8) is 0 Å². The second kappa shape index (κ2) is 6.71. The average molecular weight is 386 g/mol. The molecule has 3 heterocycles. The fourth-order valence-corrected chi connectivity index (χ4v) is 3.38. The van der Waals surface area contributed by atoms with Gasteiger partial charge in [0.2, 0.25) is 0 Å². The topological polar surface area (TPSA) is 74.8 Å². The van der Waals surface area contributed by atoms with Crippen LogP contribution in [0.15, 0.2) is 22.3 Å². The molecule has 7 heteroatoms. The summed E-state index contributed by atoms with van der Waals surface area (Å²) in [6.07, 6.45) is 0. The molecule has 0 unspecified atom stereocenters. The summed E-state index contributed by atoms with van der Waals surface area (Å²) in [6, 6.07) is 3.90. The molecule has 0 saturated heterocycles. The van der Waals surface area contributed by atoms with Crippen molar-refractivity contribution >= 4 is 27.4 Å². The molecule has 0 spiro atoms. The molecule has 27 heavy (non-hydrogen) atoms. The van der Waals surface area contributed by atoms with Gasteiger partial charge in [-0.05, 0) is 11.4 Å². The van der Waals surface area contributed by atoms with Gasteiger partial charge in [-0.2, -0.15) is 0 Å². The van der Waals surface area contributed by atoms with Crippen LogP contribution in [0, 0.1) is 0 Å². The Hall–Kier alpha value is -2.28. The number of H-pyrrole nitrogens is 1. The van der Waals surface area contributed by atoms with Gasteiger partial charge >= 0.3 is 0 Å². The molecule has 0 aromatic carbocycles. The van der Waals surface area contributed by atoms with Gasteiger partial charge in [0.25, 0.3) is 5.56 Å². The molecule has 3 rings (SSSR count). The first-order chi connectivity index (χ1) is 12.4. The van der Waals surface area contributed by atoms with Crippen LogP contribution in [0.4, 0.5) is 5.82 Å². The normalized spacial score (nSPS) is 12.6. The first kappa shape index (κ1) is 19.5. The van der Waals surface area contributed by atoms with E-state index in [4.69, 9.17) is 9.97 Å². The standard InChI is InChI=1S/C20H27N5OS/c1-19(2,3)13-10-15(24-18(22-13)20(4,5)6)25(7)11-14-21-12-8-9-27-16(12)17(26)23-14/h8-10H,11H2,1-7H3,(H,21,23,26). The Bertz CT molecular complexity index is 991. The second-order valence-electron chi connectivity index (χ2n) is 8.94. The van der Waals surface area contributed by atoms with Crippen LogP contribution in [0.25, 0.3) is 10.2 Å². The summed E-state index contributed by atoms with van der Waals surface area (Å²) in [5.41, 5.74) is 1.41. The molecule has 0 amide bonds. The lowest BCUT2D eigenvalue weighted by Crippen LogP contribution is -2.27. The first-order valence-corrected chi connectivity index (χ1v) is 9.91. The van der Waals surface area contributed by atoms with Gasteiger partial charge in [0.15, 0.2) is 0 Å². The third-order valence-corrected chi connectivity index (χ3v) is 5.20. The molecule has 0 saturated carbocycles. The number of aromatic nitrogens is 4. The summed E-state index contributed by atoms with van der Waals surface area (Å²) in [7, 11) is 1.96. The SMILES string of the molecule is CN(Cc1nc2ccsc2c(=O)[nH]1)c1cc(C(C)(C)C)nc(C(C)(C)C)n1. The van der Waals surface area contributed by atoms with E-state index in [1.165, 1.54) is 11.3 Å². The van der Waals surface area contributed by atoms with Crippen molar-refractivity contribution in [3.8, 4) is 0 Å². The quantitative estimate of drug-likeness (QED) is 0.737. The molecular weight excluding hydrogens is 358 g/mol. The van der Waals surface area contributed by atoms with Crippen LogP contribution in [0.3, 0.4) is 0 Å². The Kier molecular flexibility index (Phi) is 4.84. The fraction of sp³-hybridized carbons (Fsp3) is 0.500. The number of nitrogens with zero attached hydrogens (tertiary/aromatic N) is 4. The second-order valence-corrected chi connectivity index (χ2v) is 9.85. The van der Waals surface area contributed by atoms with Crippen LogP contribution in [0.2, 0.25) is 0 Å². The van der Waals surface area contributed by atoms with E-state index in [-0.39, 0.29) is 16.4 Å². The predicted molar refractivity (Wildman–Crippen MR) is 112 cm³/mol. The number of thiophene rings is 1. The third kappa shape index (κ3) is 4.18. The Morgan fingerprint density at radius 2 is 1.78 bits per heavy atom. The van der Waals surface area contributed by atoms with E-state index in [0.29, 0.717) is 17.1 Å².